The van der Waals surface area contributed by atoms with Gasteiger partial charge in [0.05, 0.1) is 0 Å². The molecule has 0 aliphatic rings. The summed E-state index contributed by atoms with van der Waals surface area (Å²) >= 11 is 1.12. The molecule has 2 aromatic carbocycles. The quantitative estimate of drug-likeness (QED) is 0.529. The van der Waals surface area contributed by atoms with E-state index < -0.39 is 0 Å². The lowest BCUT2D eigenvalue weighted by Gasteiger charge is -2.06. The summed E-state index contributed by atoms with van der Waals surface area (Å²) < 4.78 is 22.8. The van der Waals surface area contributed by atoms with Crippen LogP contribution in [0.15, 0.2) is 72.9 Å². The van der Waals surface area contributed by atoms with Crippen molar-refractivity contribution in [3.8, 4) is 22.2 Å². The zero-order chi connectivity index (χ0) is 19.3. The Morgan fingerprint density at radius 2 is 1.89 bits per heavy atom. The van der Waals surface area contributed by atoms with Gasteiger partial charge in [-0.3, -0.25) is 10.1 Å². The molecular weight excluding hydrogens is 379 g/mol. The largest absolute Gasteiger partial charge is 0.439 e. The van der Waals surface area contributed by atoms with Crippen molar-refractivity contribution < 1.29 is 13.9 Å². The van der Waals surface area contributed by atoms with Gasteiger partial charge in [-0.25, -0.2) is 9.37 Å². The molecule has 138 valence electrons. The van der Waals surface area contributed by atoms with E-state index in [1.807, 2.05) is 6.07 Å². The van der Waals surface area contributed by atoms with E-state index in [0.29, 0.717) is 22.2 Å². The second kappa shape index (κ2) is 7.93. The summed E-state index contributed by atoms with van der Waals surface area (Å²) in [7, 11) is 0. The maximum atomic E-state index is 13.0. The Bertz CT molecular complexity index is 1100. The van der Waals surface area contributed by atoms with Gasteiger partial charge in [0.15, 0.2) is 0 Å². The summed E-state index contributed by atoms with van der Waals surface area (Å²) in [5.41, 5.74) is 1.12. The molecule has 28 heavy (non-hydrogen) atoms. The minimum atomic E-state index is -0.366. The average molecular weight is 392 g/mol. The Kier molecular flexibility index (Phi) is 5.03. The number of carbonyl (C=O) groups excluding carboxylic acids is 1. The second-order valence-corrected chi connectivity index (χ2v) is 6.43. The third-order valence-electron chi connectivity index (χ3n) is 3.70. The van der Waals surface area contributed by atoms with Crippen molar-refractivity contribution in [1.29, 1.82) is 0 Å². The summed E-state index contributed by atoms with van der Waals surface area (Å²) in [5.74, 6) is 0.421. The summed E-state index contributed by atoms with van der Waals surface area (Å²) in [5, 5.41) is 3.24. The number of rotatable bonds is 5. The number of benzene rings is 2. The number of anilines is 1. The van der Waals surface area contributed by atoms with Crippen LogP contribution < -0.4 is 10.1 Å². The van der Waals surface area contributed by atoms with E-state index in [2.05, 4.69) is 19.7 Å². The van der Waals surface area contributed by atoms with Crippen LogP contribution in [0.4, 0.5) is 10.3 Å². The SMILES string of the molecule is O=C(Nc1nsc(-c2ccc(F)cc2)n1)c1cccc(Oc2ccccn2)c1. The third-order valence-corrected chi connectivity index (χ3v) is 4.46. The van der Waals surface area contributed by atoms with Crippen molar-refractivity contribution in [3.05, 3.63) is 84.3 Å². The molecule has 0 aliphatic carbocycles. The van der Waals surface area contributed by atoms with Crippen LogP contribution >= 0.6 is 11.5 Å². The summed E-state index contributed by atoms with van der Waals surface area (Å²) in [6, 6.07) is 18.0. The molecule has 4 aromatic rings. The van der Waals surface area contributed by atoms with Gasteiger partial charge in [-0.15, -0.1) is 0 Å². The molecule has 0 radical (unpaired) electrons. The van der Waals surface area contributed by atoms with Gasteiger partial charge in [0.25, 0.3) is 5.91 Å². The first kappa shape index (κ1) is 17.7. The standard InChI is InChI=1S/C20H13FN4O2S/c21-15-9-7-13(8-10-15)19-24-20(25-28-19)23-18(26)14-4-3-5-16(12-14)27-17-6-1-2-11-22-17/h1-12H,(H,23,25,26). The van der Waals surface area contributed by atoms with E-state index in [-0.39, 0.29) is 17.7 Å². The number of halogens is 1. The van der Waals surface area contributed by atoms with E-state index in [1.165, 1.54) is 12.1 Å². The third kappa shape index (κ3) is 4.18. The van der Waals surface area contributed by atoms with Gasteiger partial charge in [0.2, 0.25) is 11.8 Å². The van der Waals surface area contributed by atoms with Crippen molar-refractivity contribution in [1.82, 2.24) is 14.3 Å². The number of hydrogen-bond acceptors (Lipinski definition) is 6. The molecule has 0 bridgehead atoms. The van der Waals surface area contributed by atoms with Crippen LogP contribution in [-0.2, 0) is 0 Å². The molecular formula is C20H13FN4O2S. The zero-order valence-electron chi connectivity index (χ0n) is 14.4. The van der Waals surface area contributed by atoms with E-state index in [0.717, 1.165) is 17.1 Å². The predicted molar refractivity (Wildman–Crippen MR) is 104 cm³/mol. The van der Waals surface area contributed by atoms with Crippen LogP contribution in [0.5, 0.6) is 11.6 Å². The fraction of sp³-hybridized carbons (Fsp3) is 0. The van der Waals surface area contributed by atoms with Gasteiger partial charge in [-0.1, -0.05) is 12.1 Å². The maximum absolute atomic E-state index is 13.0. The molecule has 0 saturated carbocycles. The van der Waals surface area contributed by atoms with Gasteiger partial charge in [0, 0.05) is 23.4 Å². The van der Waals surface area contributed by atoms with Gasteiger partial charge >= 0.3 is 0 Å². The molecule has 0 atom stereocenters. The van der Waals surface area contributed by atoms with Crippen LogP contribution in [0.1, 0.15) is 10.4 Å². The summed E-state index contributed by atoms with van der Waals surface area (Å²) in [6.07, 6.45) is 1.62. The number of ether oxygens (including phenoxy) is 1. The minimum Gasteiger partial charge on any atom is -0.439 e. The molecule has 0 aliphatic heterocycles. The molecule has 4 rings (SSSR count). The van der Waals surface area contributed by atoms with Crippen LogP contribution in [-0.4, -0.2) is 20.2 Å². The van der Waals surface area contributed by atoms with Gasteiger partial charge < -0.3 is 4.74 Å². The Balaban J connectivity index is 1.47. The fourth-order valence-corrected chi connectivity index (χ4v) is 3.01. The van der Waals surface area contributed by atoms with Gasteiger partial charge in [-0.2, -0.15) is 9.36 Å². The van der Waals surface area contributed by atoms with Crippen molar-refractivity contribution in [2.24, 2.45) is 0 Å². The fourth-order valence-electron chi connectivity index (χ4n) is 2.39. The maximum Gasteiger partial charge on any atom is 0.258 e. The number of nitrogens with zero attached hydrogens (tertiary/aromatic N) is 3. The minimum absolute atomic E-state index is 0.186. The molecule has 2 heterocycles. The topological polar surface area (TPSA) is 77.0 Å². The van der Waals surface area contributed by atoms with Crippen LogP contribution in [0.25, 0.3) is 10.6 Å². The number of amides is 1. The molecule has 6 nitrogen and oxygen atoms in total. The number of hydrogen-bond donors (Lipinski definition) is 1. The molecule has 0 saturated heterocycles. The van der Waals surface area contributed by atoms with E-state index in [4.69, 9.17) is 4.74 Å². The van der Waals surface area contributed by atoms with Crippen LogP contribution in [0.2, 0.25) is 0 Å². The van der Waals surface area contributed by atoms with Crippen molar-refractivity contribution in [3.63, 3.8) is 0 Å². The Morgan fingerprint density at radius 3 is 2.68 bits per heavy atom. The number of aromatic nitrogens is 3. The first-order chi connectivity index (χ1) is 13.7. The Labute approximate surface area is 163 Å². The Hall–Kier alpha value is -3.65. The highest BCUT2D eigenvalue weighted by molar-refractivity contribution is 7.09. The number of pyridine rings is 1. The molecule has 1 amide bonds. The molecule has 0 fully saturated rings. The lowest BCUT2D eigenvalue weighted by atomic mass is 10.2. The molecule has 1 N–H and O–H groups in total. The second-order valence-electron chi connectivity index (χ2n) is 5.68. The van der Waals surface area contributed by atoms with Crippen molar-refractivity contribution in [2.45, 2.75) is 0 Å². The van der Waals surface area contributed by atoms with Crippen molar-refractivity contribution in [2.75, 3.05) is 5.32 Å². The number of nitrogens with one attached hydrogen (secondary N) is 1. The van der Waals surface area contributed by atoms with Gasteiger partial charge in [-0.05, 0) is 60.1 Å². The average Bonchev–Trinajstić information content (AvgIpc) is 3.18. The van der Waals surface area contributed by atoms with E-state index in [9.17, 15) is 9.18 Å². The molecule has 8 heteroatoms. The molecule has 2 aromatic heterocycles. The predicted octanol–water partition coefficient (Wildman–Crippen LogP) is 4.78. The summed E-state index contributed by atoms with van der Waals surface area (Å²) in [4.78, 5) is 20.9. The zero-order valence-corrected chi connectivity index (χ0v) is 15.2. The van der Waals surface area contributed by atoms with E-state index in [1.54, 1.807) is 54.7 Å². The van der Waals surface area contributed by atoms with Gasteiger partial charge in [0.1, 0.15) is 16.6 Å². The highest BCUT2D eigenvalue weighted by Crippen LogP contribution is 2.24. The molecule has 0 spiro atoms. The Morgan fingerprint density at radius 1 is 1.04 bits per heavy atom. The first-order valence-electron chi connectivity index (χ1n) is 8.27. The first-order valence-corrected chi connectivity index (χ1v) is 9.05. The monoisotopic (exact) mass is 392 g/mol. The van der Waals surface area contributed by atoms with Crippen molar-refractivity contribution >= 4 is 23.4 Å². The highest BCUT2D eigenvalue weighted by Gasteiger charge is 2.12. The normalized spacial score (nSPS) is 10.5. The number of carbonyl (C=O) groups is 1. The molecule has 0 unspecified atom stereocenters. The smallest absolute Gasteiger partial charge is 0.258 e. The van der Waals surface area contributed by atoms with E-state index >= 15 is 0 Å². The highest BCUT2D eigenvalue weighted by atomic mass is 32.1. The lowest BCUT2D eigenvalue weighted by Crippen LogP contribution is -2.12. The lowest BCUT2D eigenvalue weighted by molar-refractivity contribution is 0.102. The van der Waals surface area contributed by atoms with Crippen LogP contribution in [0, 0.1) is 5.82 Å². The summed E-state index contributed by atoms with van der Waals surface area (Å²) in [6.45, 7) is 0. The van der Waals surface area contributed by atoms with Crippen LogP contribution in [0.3, 0.4) is 0 Å².